The summed E-state index contributed by atoms with van der Waals surface area (Å²) in [6.45, 7) is 1.37. The van der Waals surface area contributed by atoms with Crippen molar-refractivity contribution in [3.05, 3.63) is 94.5 Å². The number of carbonyl (C=O) groups excluding carboxylic acids is 2. The van der Waals surface area contributed by atoms with Gasteiger partial charge in [0.15, 0.2) is 11.5 Å². The van der Waals surface area contributed by atoms with E-state index < -0.39 is 6.04 Å². The van der Waals surface area contributed by atoms with Crippen LogP contribution in [0.15, 0.2) is 66.7 Å². The van der Waals surface area contributed by atoms with Crippen LogP contribution in [0.25, 0.3) is 0 Å². The van der Waals surface area contributed by atoms with E-state index in [-0.39, 0.29) is 24.5 Å². The molecule has 8 rings (SSSR count). The predicted octanol–water partition coefficient (Wildman–Crippen LogP) is 4.43. The first-order chi connectivity index (χ1) is 17.7. The van der Waals surface area contributed by atoms with E-state index in [1.165, 1.54) is 22.3 Å². The van der Waals surface area contributed by atoms with E-state index in [1.807, 2.05) is 0 Å². The van der Waals surface area contributed by atoms with Crippen LogP contribution in [0, 0.1) is 5.92 Å². The first-order valence-corrected chi connectivity index (χ1v) is 12.8. The third kappa shape index (κ3) is 3.31. The van der Waals surface area contributed by atoms with Gasteiger partial charge in [0, 0.05) is 30.5 Å². The minimum Gasteiger partial charge on any atom is -0.454 e. The monoisotopic (exact) mass is 480 g/mol. The van der Waals surface area contributed by atoms with Gasteiger partial charge in [0.05, 0.1) is 0 Å². The van der Waals surface area contributed by atoms with Crippen LogP contribution in [0.4, 0.5) is 0 Å². The molecule has 1 fully saturated rings. The molecule has 2 atom stereocenters. The van der Waals surface area contributed by atoms with Gasteiger partial charge in [-0.1, -0.05) is 48.5 Å². The zero-order valence-corrected chi connectivity index (χ0v) is 20.0. The van der Waals surface area contributed by atoms with Crippen LogP contribution < -0.4 is 14.8 Å². The number of nitrogens with one attached hydrogen (secondary N) is 1. The molecule has 3 aliphatic carbocycles. The van der Waals surface area contributed by atoms with Gasteiger partial charge in [-0.05, 0) is 65.6 Å². The fourth-order valence-electron chi connectivity index (χ4n) is 6.79. The number of ether oxygens (including phenoxy) is 2. The van der Waals surface area contributed by atoms with Crippen LogP contribution in [-0.4, -0.2) is 42.6 Å². The number of rotatable bonds is 4. The van der Waals surface area contributed by atoms with Crippen LogP contribution in [-0.2, 0) is 4.79 Å². The molecule has 1 saturated heterocycles. The second kappa shape index (κ2) is 8.40. The Labute approximate surface area is 210 Å². The van der Waals surface area contributed by atoms with Gasteiger partial charge in [0.25, 0.3) is 5.91 Å². The van der Waals surface area contributed by atoms with Gasteiger partial charge in [-0.3, -0.25) is 9.59 Å². The molecule has 0 spiro atoms. The third-order valence-corrected chi connectivity index (χ3v) is 8.40. The number of hydrogen-bond donors (Lipinski definition) is 1. The van der Waals surface area contributed by atoms with Gasteiger partial charge in [-0.15, -0.1) is 0 Å². The van der Waals surface area contributed by atoms with Crippen molar-refractivity contribution in [3.63, 3.8) is 0 Å². The number of fused-ring (bicyclic) bond motifs is 2. The van der Waals surface area contributed by atoms with E-state index in [9.17, 15) is 9.59 Å². The van der Waals surface area contributed by atoms with E-state index in [0.29, 0.717) is 48.4 Å². The molecule has 5 aliphatic rings. The van der Waals surface area contributed by atoms with Gasteiger partial charge in [0.1, 0.15) is 6.04 Å². The molecule has 0 radical (unpaired) electrons. The molecule has 0 aromatic heterocycles. The molecule has 2 unspecified atom stereocenters. The first-order valence-electron chi connectivity index (χ1n) is 12.8. The van der Waals surface area contributed by atoms with Gasteiger partial charge in [-0.2, -0.15) is 0 Å². The number of amides is 2. The van der Waals surface area contributed by atoms with Crippen molar-refractivity contribution in [2.24, 2.45) is 5.92 Å². The Morgan fingerprint density at radius 2 is 1.58 bits per heavy atom. The van der Waals surface area contributed by atoms with Gasteiger partial charge >= 0.3 is 0 Å². The lowest BCUT2D eigenvalue weighted by molar-refractivity contribution is -0.125. The van der Waals surface area contributed by atoms with Crippen LogP contribution >= 0.6 is 0 Å². The van der Waals surface area contributed by atoms with Crippen molar-refractivity contribution >= 4 is 11.8 Å². The molecule has 3 aromatic carbocycles. The van der Waals surface area contributed by atoms with Crippen molar-refractivity contribution in [2.45, 2.75) is 37.1 Å². The second-order valence-corrected chi connectivity index (χ2v) is 10.3. The smallest absolute Gasteiger partial charge is 0.254 e. The van der Waals surface area contributed by atoms with Crippen molar-refractivity contribution in [1.82, 2.24) is 10.2 Å². The summed E-state index contributed by atoms with van der Waals surface area (Å²) >= 11 is 0. The first kappa shape index (κ1) is 21.5. The van der Waals surface area contributed by atoms with Crippen LogP contribution in [0.2, 0.25) is 0 Å². The largest absolute Gasteiger partial charge is 0.454 e. The Balaban J connectivity index is 1.08. The summed E-state index contributed by atoms with van der Waals surface area (Å²) in [6, 6.07) is 22.3. The molecule has 36 heavy (non-hydrogen) atoms. The maximum Gasteiger partial charge on any atom is 0.254 e. The number of benzene rings is 3. The van der Waals surface area contributed by atoms with E-state index in [0.717, 1.165) is 12.8 Å². The minimum absolute atomic E-state index is 0.0513. The Kier molecular flexibility index (Phi) is 5.01. The summed E-state index contributed by atoms with van der Waals surface area (Å²) in [5.74, 6) is 2.04. The Morgan fingerprint density at radius 1 is 0.889 bits per heavy atom. The lowest BCUT2D eigenvalue weighted by Gasteiger charge is -2.45. The van der Waals surface area contributed by atoms with E-state index >= 15 is 0 Å². The quantitative estimate of drug-likeness (QED) is 0.600. The fraction of sp³-hybridized carbons (Fsp3) is 0.333. The minimum atomic E-state index is -0.441. The number of carbonyl (C=O) groups is 2. The summed E-state index contributed by atoms with van der Waals surface area (Å²) in [6.07, 6.45) is 2.54. The molecular weight excluding hydrogens is 452 g/mol. The molecule has 2 bridgehead atoms. The topological polar surface area (TPSA) is 67.9 Å². The third-order valence-electron chi connectivity index (χ3n) is 8.40. The van der Waals surface area contributed by atoms with Crippen LogP contribution in [0.5, 0.6) is 11.5 Å². The highest BCUT2D eigenvalue weighted by Gasteiger charge is 2.43. The van der Waals surface area contributed by atoms with Crippen molar-refractivity contribution in [2.75, 3.05) is 19.9 Å². The fourth-order valence-corrected chi connectivity index (χ4v) is 6.79. The molecule has 3 aromatic rings. The van der Waals surface area contributed by atoms with Gasteiger partial charge in [0.2, 0.25) is 12.7 Å². The molecule has 6 heteroatoms. The average Bonchev–Trinajstić information content (AvgIpc) is 3.61. The Hall–Kier alpha value is -3.80. The highest BCUT2D eigenvalue weighted by Crippen LogP contribution is 2.55. The SMILES string of the molecule is O=C(NCC1CC2c3ccccc3C1c1ccccc12)C1CCCN1C(=O)c1ccc2c(c1)OCO2. The predicted molar refractivity (Wildman–Crippen MR) is 134 cm³/mol. The van der Waals surface area contributed by atoms with Gasteiger partial charge < -0.3 is 19.7 Å². The average molecular weight is 481 g/mol. The van der Waals surface area contributed by atoms with Gasteiger partial charge in [-0.25, -0.2) is 0 Å². The number of nitrogens with zero attached hydrogens (tertiary/aromatic N) is 1. The Morgan fingerprint density at radius 3 is 2.33 bits per heavy atom. The lowest BCUT2D eigenvalue weighted by atomic mass is 9.59. The zero-order chi connectivity index (χ0) is 24.2. The molecule has 1 N–H and O–H groups in total. The zero-order valence-electron chi connectivity index (χ0n) is 20.0. The summed E-state index contributed by atoms with van der Waals surface area (Å²) in [7, 11) is 0. The maximum absolute atomic E-state index is 13.4. The molecule has 182 valence electrons. The molecular formula is C30H28N2O4. The Bertz CT molecular complexity index is 1320. The molecule has 2 heterocycles. The molecule has 0 saturated carbocycles. The highest BCUT2D eigenvalue weighted by molar-refractivity contribution is 5.98. The maximum atomic E-state index is 13.4. The summed E-state index contributed by atoms with van der Waals surface area (Å²) in [4.78, 5) is 28.4. The number of hydrogen-bond acceptors (Lipinski definition) is 4. The van der Waals surface area contributed by atoms with Crippen molar-refractivity contribution < 1.29 is 19.1 Å². The summed E-state index contributed by atoms with van der Waals surface area (Å²) < 4.78 is 10.8. The highest BCUT2D eigenvalue weighted by atomic mass is 16.7. The summed E-state index contributed by atoms with van der Waals surface area (Å²) in [5, 5.41) is 3.24. The van der Waals surface area contributed by atoms with Crippen molar-refractivity contribution in [3.8, 4) is 11.5 Å². The summed E-state index contributed by atoms with van der Waals surface area (Å²) in [5.41, 5.74) is 6.18. The van der Waals surface area contributed by atoms with Crippen LogP contribution in [0.1, 0.15) is 63.7 Å². The van der Waals surface area contributed by atoms with Crippen molar-refractivity contribution in [1.29, 1.82) is 0 Å². The lowest BCUT2D eigenvalue weighted by Crippen LogP contribution is -2.48. The van der Waals surface area contributed by atoms with E-state index in [1.54, 1.807) is 23.1 Å². The second-order valence-electron chi connectivity index (χ2n) is 10.3. The standard InChI is InChI=1S/C30H28N2O4/c33-29(25-10-5-13-32(25)30(34)18-11-12-26-27(15-18)36-17-35-26)31-16-19-14-24-20-6-1-3-8-22(20)28(19)23-9-4-2-7-21(23)24/h1-4,6-9,11-12,15,19,24-25,28H,5,10,13-14,16-17H2,(H,31,33). The normalized spacial score (nSPS) is 24.8. The molecule has 6 nitrogen and oxygen atoms in total. The number of likely N-dealkylation sites (tertiary alicyclic amines) is 1. The molecule has 2 amide bonds. The van der Waals surface area contributed by atoms with E-state index in [2.05, 4.69) is 53.8 Å². The van der Waals surface area contributed by atoms with E-state index in [4.69, 9.17) is 9.47 Å². The molecule has 2 aliphatic heterocycles. The van der Waals surface area contributed by atoms with Crippen LogP contribution in [0.3, 0.4) is 0 Å².